The summed E-state index contributed by atoms with van der Waals surface area (Å²) in [5.41, 5.74) is 5.54. The first-order chi connectivity index (χ1) is 5.25. The number of nitriles is 1. The third-order valence-electron chi connectivity index (χ3n) is 1.25. The minimum atomic E-state index is 0.0891. The normalized spacial score (nSPS) is 18.8. The molecule has 0 amide bonds. The molecule has 0 atom stereocenters. The van der Waals surface area contributed by atoms with E-state index in [4.69, 9.17) is 15.7 Å². The second kappa shape index (κ2) is 3.17. The summed E-state index contributed by atoms with van der Waals surface area (Å²) in [5.74, 6) is 0.542. The molecule has 0 bridgehead atoms. The van der Waals surface area contributed by atoms with Crippen LogP contribution in [0.25, 0.3) is 0 Å². The van der Waals surface area contributed by atoms with Gasteiger partial charge >= 0.3 is 0 Å². The van der Waals surface area contributed by atoms with Gasteiger partial charge in [-0.25, -0.2) is 0 Å². The monoisotopic (exact) mass is 166 g/mol. The van der Waals surface area contributed by atoms with Crippen molar-refractivity contribution in [1.29, 1.82) is 5.26 Å². The van der Waals surface area contributed by atoms with E-state index in [1.54, 1.807) is 6.08 Å². The van der Waals surface area contributed by atoms with E-state index in [9.17, 15) is 0 Å². The highest BCUT2D eigenvalue weighted by Crippen LogP contribution is 2.17. The van der Waals surface area contributed by atoms with Crippen LogP contribution in [0, 0.1) is 11.3 Å². The Morgan fingerprint density at radius 1 is 1.82 bits per heavy atom. The van der Waals surface area contributed by atoms with Crippen molar-refractivity contribution < 1.29 is 4.74 Å². The van der Waals surface area contributed by atoms with Crippen LogP contribution >= 0.6 is 12.2 Å². The van der Waals surface area contributed by atoms with Gasteiger partial charge in [0.15, 0.2) is 0 Å². The quantitative estimate of drug-likeness (QED) is 0.358. The van der Waals surface area contributed by atoms with Gasteiger partial charge in [0.05, 0.1) is 6.26 Å². The van der Waals surface area contributed by atoms with E-state index in [2.05, 4.69) is 12.2 Å². The van der Waals surface area contributed by atoms with Crippen LogP contribution in [0.4, 0.5) is 0 Å². The molecule has 1 rings (SSSR count). The Morgan fingerprint density at radius 3 is 2.91 bits per heavy atom. The summed E-state index contributed by atoms with van der Waals surface area (Å²) in [6, 6.07) is 1.89. The van der Waals surface area contributed by atoms with Gasteiger partial charge in [-0.15, -0.1) is 0 Å². The Labute approximate surface area is 69.7 Å². The predicted octanol–water partition coefficient (Wildman–Crippen LogP) is 0.984. The minimum absolute atomic E-state index is 0.0891. The van der Waals surface area contributed by atoms with Gasteiger partial charge in [0.25, 0.3) is 0 Å². The van der Waals surface area contributed by atoms with Crippen LogP contribution in [0.1, 0.15) is 6.42 Å². The van der Waals surface area contributed by atoms with Crippen LogP contribution in [-0.2, 0) is 4.74 Å². The molecule has 0 aromatic carbocycles. The summed E-state index contributed by atoms with van der Waals surface area (Å²) in [7, 11) is 0. The van der Waals surface area contributed by atoms with Crippen molar-refractivity contribution in [2.24, 2.45) is 5.73 Å². The second-order valence-electron chi connectivity index (χ2n) is 1.97. The highest BCUT2D eigenvalue weighted by Gasteiger charge is 2.11. The van der Waals surface area contributed by atoms with Gasteiger partial charge < -0.3 is 10.5 Å². The van der Waals surface area contributed by atoms with Gasteiger partial charge in [-0.05, 0) is 6.08 Å². The molecule has 56 valence electrons. The zero-order valence-corrected chi connectivity index (χ0v) is 6.52. The molecule has 0 saturated heterocycles. The van der Waals surface area contributed by atoms with Crippen molar-refractivity contribution >= 4 is 17.2 Å². The summed E-state index contributed by atoms with van der Waals surface area (Å²) in [4.78, 5) is 0.0891. The van der Waals surface area contributed by atoms with Crippen LogP contribution in [0.15, 0.2) is 23.7 Å². The van der Waals surface area contributed by atoms with Crippen molar-refractivity contribution in [3.8, 4) is 6.07 Å². The summed E-state index contributed by atoms with van der Waals surface area (Å²) in [5, 5.41) is 8.57. The fourth-order valence-corrected chi connectivity index (χ4v) is 0.909. The predicted molar refractivity (Wildman–Crippen MR) is 44.3 cm³/mol. The molecule has 1 aliphatic rings. The van der Waals surface area contributed by atoms with Gasteiger partial charge in [0, 0.05) is 6.42 Å². The zero-order valence-electron chi connectivity index (χ0n) is 5.70. The fourth-order valence-electron chi connectivity index (χ4n) is 0.749. The molecule has 0 aromatic heterocycles. The Balaban J connectivity index is 2.93. The Bertz CT molecular complexity index is 275. The first-order valence-electron chi connectivity index (χ1n) is 3.00. The molecule has 2 N–H and O–H groups in total. The third-order valence-corrected chi connectivity index (χ3v) is 1.45. The maximum Gasteiger partial charge on any atom is 0.128 e. The highest BCUT2D eigenvalue weighted by molar-refractivity contribution is 7.80. The lowest BCUT2D eigenvalue weighted by Crippen LogP contribution is -2.12. The summed E-state index contributed by atoms with van der Waals surface area (Å²) < 4.78 is 4.98. The van der Waals surface area contributed by atoms with E-state index in [1.165, 1.54) is 6.26 Å². The fraction of sp³-hybridized carbons (Fsp3) is 0.143. The smallest absolute Gasteiger partial charge is 0.128 e. The molecule has 0 spiro atoms. The molecule has 1 heterocycles. The molecule has 0 radical (unpaired) electrons. The van der Waals surface area contributed by atoms with Gasteiger partial charge in [-0.1, -0.05) is 12.2 Å². The molecule has 4 heteroatoms. The number of nitrogens with zero attached hydrogens (tertiary/aromatic N) is 1. The van der Waals surface area contributed by atoms with Gasteiger partial charge in [-0.3, -0.25) is 0 Å². The number of ether oxygens (including phenoxy) is 1. The molecule has 0 unspecified atom stereocenters. The second-order valence-corrected chi connectivity index (χ2v) is 2.41. The van der Waals surface area contributed by atoms with Gasteiger partial charge in [0.2, 0.25) is 0 Å². The van der Waals surface area contributed by atoms with E-state index >= 15 is 0 Å². The largest absolute Gasteiger partial charge is 0.468 e. The Kier molecular flexibility index (Phi) is 2.24. The molecular weight excluding hydrogens is 160 g/mol. The Morgan fingerprint density at radius 2 is 2.55 bits per heavy atom. The first-order valence-corrected chi connectivity index (χ1v) is 3.41. The summed E-state index contributed by atoms with van der Waals surface area (Å²) in [6.45, 7) is 0. The maximum atomic E-state index is 8.57. The average molecular weight is 166 g/mol. The molecule has 1 aliphatic heterocycles. The molecular formula is C7H6N2OS. The van der Waals surface area contributed by atoms with Crippen LogP contribution in [-0.4, -0.2) is 4.99 Å². The number of hydrogen-bond acceptors (Lipinski definition) is 3. The molecule has 0 saturated carbocycles. The van der Waals surface area contributed by atoms with Crippen molar-refractivity contribution in [2.45, 2.75) is 6.42 Å². The SMILES string of the molecule is N#CC(C(N)=S)=C1CC=CO1. The van der Waals surface area contributed by atoms with Crippen LogP contribution in [0.2, 0.25) is 0 Å². The van der Waals surface area contributed by atoms with E-state index in [0.29, 0.717) is 12.2 Å². The van der Waals surface area contributed by atoms with Crippen molar-refractivity contribution in [3.63, 3.8) is 0 Å². The lowest BCUT2D eigenvalue weighted by Gasteiger charge is -1.99. The topological polar surface area (TPSA) is 59.0 Å². The third kappa shape index (κ3) is 1.57. The van der Waals surface area contributed by atoms with Crippen molar-refractivity contribution in [3.05, 3.63) is 23.7 Å². The standard InChI is InChI=1S/C7H6N2OS/c8-4-5(7(9)11)6-2-1-3-10-6/h1,3H,2H2,(H2,9,11). The van der Waals surface area contributed by atoms with Crippen LogP contribution in [0.5, 0.6) is 0 Å². The molecule has 11 heavy (non-hydrogen) atoms. The van der Waals surface area contributed by atoms with Crippen molar-refractivity contribution in [2.75, 3.05) is 0 Å². The molecule has 0 fully saturated rings. The minimum Gasteiger partial charge on any atom is -0.468 e. The van der Waals surface area contributed by atoms with Crippen molar-refractivity contribution in [1.82, 2.24) is 0 Å². The summed E-state index contributed by atoms with van der Waals surface area (Å²) in [6.07, 6.45) is 3.91. The summed E-state index contributed by atoms with van der Waals surface area (Å²) >= 11 is 4.64. The van der Waals surface area contributed by atoms with E-state index < -0.39 is 0 Å². The Hall–Kier alpha value is -1.34. The highest BCUT2D eigenvalue weighted by atomic mass is 32.1. The van der Waals surface area contributed by atoms with Gasteiger partial charge in [0.1, 0.15) is 22.4 Å². The van der Waals surface area contributed by atoms with Gasteiger partial charge in [-0.2, -0.15) is 5.26 Å². The lowest BCUT2D eigenvalue weighted by molar-refractivity contribution is 0.365. The average Bonchev–Trinajstić information content (AvgIpc) is 2.40. The molecule has 3 nitrogen and oxygen atoms in total. The van der Waals surface area contributed by atoms with E-state index in [0.717, 1.165) is 0 Å². The number of hydrogen-bond donors (Lipinski definition) is 1. The number of thiocarbonyl (C=S) groups is 1. The number of nitrogens with two attached hydrogens (primary N) is 1. The first kappa shape index (κ1) is 7.76. The number of rotatable bonds is 1. The van der Waals surface area contributed by atoms with E-state index in [1.807, 2.05) is 6.07 Å². The number of allylic oxidation sites excluding steroid dienone is 1. The molecule has 0 aromatic rings. The molecule has 0 aliphatic carbocycles. The lowest BCUT2D eigenvalue weighted by atomic mass is 10.2. The van der Waals surface area contributed by atoms with Crippen LogP contribution < -0.4 is 5.73 Å². The maximum absolute atomic E-state index is 8.57. The zero-order chi connectivity index (χ0) is 8.27. The van der Waals surface area contributed by atoms with E-state index in [-0.39, 0.29) is 10.6 Å². The van der Waals surface area contributed by atoms with Crippen LogP contribution in [0.3, 0.4) is 0 Å².